The second-order valence-corrected chi connectivity index (χ2v) is 8.60. The highest BCUT2D eigenvalue weighted by molar-refractivity contribution is 7.98. The molecule has 0 aliphatic heterocycles. The van der Waals surface area contributed by atoms with E-state index < -0.39 is 10.0 Å². The molecule has 134 valence electrons. The zero-order chi connectivity index (χ0) is 18.3. The lowest BCUT2D eigenvalue weighted by Gasteiger charge is -2.07. The highest BCUT2D eigenvalue weighted by Crippen LogP contribution is 2.13. The molecule has 2 N–H and O–H groups in total. The van der Waals surface area contributed by atoms with E-state index >= 15 is 0 Å². The summed E-state index contributed by atoms with van der Waals surface area (Å²) in [5, 5.41) is 2.87. The van der Waals surface area contributed by atoms with Gasteiger partial charge in [-0.3, -0.25) is 9.52 Å². The molecule has 0 saturated carbocycles. The van der Waals surface area contributed by atoms with Crippen molar-refractivity contribution in [3.8, 4) is 0 Å². The topological polar surface area (TPSA) is 75.3 Å². The molecule has 0 unspecified atom stereocenters. The molecule has 7 heteroatoms. The molecule has 5 nitrogen and oxygen atoms in total. The standard InChI is InChI=1S/C18H22N2O3S2/c1-14-4-3-5-15(12-14)13-24-11-10-19-18(21)16-6-8-17(9-7-16)20-25(2,22)23/h3-9,12,20H,10-11,13H2,1-2H3,(H,19,21). The molecule has 1 amide bonds. The Hall–Kier alpha value is -1.99. The van der Waals surface area contributed by atoms with Gasteiger partial charge in [-0.25, -0.2) is 8.42 Å². The molecule has 0 aliphatic rings. The van der Waals surface area contributed by atoms with E-state index in [0.29, 0.717) is 17.8 Å². The molecule has 2 rings (SSSR count). The van der Waals surface area contributed by atoms with Crippen molar-refractivity contribution in [1.82, 2.24) is 5.32 Å². The van der Waals surface area contributed by atoms with Gasteiger partial charge in [0.25, 0.3) is 5.91 Å². The number of amides is 1. The average molecular weight is 379 g/mol. The predicted octanol–water partition coefficient (Wildman–Crippen LogP) is 3.03. The van der Waals surface area contributed by atoms with Crippen LogP contribution in [0.3, 0.4) is 0 Å². The number of thioether (sulfide) groups is 1. The summed E-state index contributed by atoms with van der Waals surface area (Å²) in [7, 11) is -3.31. The van der Waals surface area contributed by atoms with Crippen LogP contribution in [0.4, 0.5) is 5.69 Å². The number of carbonyl (C=O) groups is 1. The minimum atomic E-state index is -3.31. The third kappa shape index (κ3) is 7.19. The summed E-state index contributed by atoms with van der Waals surface area (Å²) in [6, 6.07) is 14.7. The fourth-order valence-electron chi connectivity index (χ4n) is 2.23. The van der Waals surface area contributed by atoms with Crippen molar-refractivity contribution >= 4 is 33.4 Å². The molecular formula is C18H22N2O3S2. The van der Waals surface area contributed by atoms with E-state index in [9.17, 15) is 13.2 Å². The van der Waals surface area contributed by atoms with Gasteiger partial charge in [0.05, 0.1) is 6.26 Å². The van der Waals surface area contributed by atoms with Gasteiger partial charge >= 0.3 is 0 Å². The summed E-state index contributed by atoms with van der Waals surface area (Å²) in [5.41, 5.74) is 3.47. The molecule has 0 radical (unpaired) electrons. The van der Waals surface area contributed by atoms with Crippen LogP contribution >= 0.6 is 11.8 Å². The minimum absolute atomic E-state index is 0.165. The van der Waals surface area contributed by atoms with E-state index in [1.807, 2.05) is 0 Å². The fourth-order valence-corrected chi connectivity index (χ4v) is 3.60. The largest absolute Gasteiger partial charge is 0.351 e. The van der Waals surface area contributed by atoms with Gasteiger partial charge in [-0.15, -0.1) is 0 Å². The van der Waals surface area contributed by atoms with Crippen LogP contribution in [0.2, 0.25) is 0 Å². The van der Waals surface area contributed by atoms with Crippen LogP contribution in [-0.4, -0.2) is 32.9 Å². The molecule has 2 aromatic rings. The van der Waals surface area contributed by atoms with Gasteiger partial charge < -0.3 is 5.32 Å². The van der Waals surface area contributed by atoms with Crippen LogP contribution in [0, 0.1) is 6.92 Å². The number of nitrogens with one attached hydrogen (secondary N) is 2. The third-order valence-corrected chi connectivity index (χ3v) is 4.97. The van der Waals surface area contributed by atoms with E-state index in [0.717, 1.165) is 17.8 Å². The molecular weight excluding hydrogens is 356 g/mol. The molecule has 0 atom stereocenters. The van der Waals surface area contributed by atoms with Gasteiger partial charge in [0, 0.05) is 29.3 Å². The first-order valence-corrected chi connectivity index (χ1v) is 10.9. The van der Waals surface area contributed by atoms with Gasteiger partial charge in [0.2, 0.25) is 10.0 Å². The highest BCUT2D eigenvalue weighted by Gasteiger charge is 2.06. The number of carbonyl (C=O) groups excluding carboxylic acids is 1. The van der Waals surface area contributed by atoms with Crippen LogP contribution in [0.1, 0.15) is 21.5 Å². The molecule has 0 fully saturated rings. The maximum absolute atomic E-state index is 12.1. The molecule has 0 aromatic heterocycles. The maximum atomic E-state index is 12.1. The van der Waals surface area contributed by atoms with Gasteiger partial charge in [0.1, 0.15) is 0 Å². The van der Waals surface area contributed by atoms with E-state index in [4.69, 9.17) is 0 Å². The number of benzene rings is 2. The summed E-state index contributed by atoms with van der Waals surface area (Å²) < 4.78 is 24.7. The van der Waals surface area contributed by atoms with Crippen molar-refractivity contribution in [3.63, 3.8) is 0 Å². The first-order valence-electron chi connectivity index (χ1n) is 7.83. The zero-order valence-electron chi connectivity index (χ0n) is 14.3. The van der Waals surface area contributed by atoms with Crippen molar-refractivity contribution < 1.29 is 13.2 Å². The van der Waals surface area contributed by atoms with E-state index in [1.165, 1.54) is 11.1 Å². The molecule has 0 bridgehead atoms. The highest BCUT2D eigenvalue weighted by atomic mass is 32.2. The number of sulfonamides is 1. The first-order chi connectivity index (χ1) is 11.8. The SMILES string of the molecule is Cc1cccc(CSCCNC(=O)c2ccc(NS(C)(=O)=O)cc2)c1. The third-order valence-electron chi connectivity index (χ3n) is 3.33. The Morgan fingerprint density at radius 1 is 1.12 bits per heavy atom. The van der Waals surface area contributed by atoms with Crippen molar-refractivity contribution in [3.05, 3.63) is 65.2 Å². The lowest BCUT2D eigenvalue weighted by atomic mass is 10.2. The van der Waals surface area contributed by atoms with Crippen LogP contribution < -0.4 is 10.0 Å². The Kier molecular flexibility index (Phi) is 6.90. The molecule has 0 aliphatic carbocycles. The molecule has 0 saturated heterocycles. The summed E-state index contributed by atoms with van der Waals surface area (Å²) in [6.45, 7) is 2.66. The van der Waals surface area contributed by atoms with Gasteiger partial charge in [-0.1, -0.05) is 29.8 Å². The quantitative estimate of drug-likeness (QED) is 0.693. The van der Waals surface area contributed by atoms with Crippen LogP contribution in [0.25, 0.3) is 0 Å². The summed E-state index contributed by atoms with van der Waals surface area (Å²) in [6.07, 6.45) is 1.09. The van der Waals surface area contributed by atoms with Gasteiger partial charge in [-0.05, 0) is 36.8 Å². The molecule has 25 heavy (non-hydrogen) atoms. The number of rotatable bonds is 8. The van der Waals surface area contributed by atoms with Gasteiger partial charge in [0.15, 0.2) is 0 Å². The average Bonchev–Trinajstić information content (AvgIpc) is 2.53. The van der Waals surface area contributed by atoms with E-state index in [2.05, 4.69) is 41.2 Å². The Morgan fingerprint density at radius 3 is 2.48 bits per heavy atom. The summed E-state index contributed by atoms with van der Waals surface area (Å²) in [4.78, 5) is 12.1. The summed E-state index contributed by atoms with van der Waals surface area (Å²) >= 11 is 1.77. The number of hydrogen-bond donors (Lipinski definition) is 2. The van der Waals surface area contributed by atoms with Crippen molar-refractivity contribution in [2.45, 2.75) is 12.7 Å². The Morgan fingerprint density at radius 2 is 1.84 bits per heavy atom. The lowest BCUT2D eigenvalue weighted by Crippen LogP contribution is -2.25. The molecule has 0 spiro atoms. The Labute approximate surface area is 153 Å². The number of aryl methyl sites for hydroxylation is 1. The Balaban J connectivity index is 1.73. The van der Waals surface area contributed by atoms with Crippen molar-refractivity contribution in [1.29, 1.82) is 0 Å². The van der Waals surface area contributed by atoms with E-state index in [1.54, 1.807) is 36.0 Å². The van der Waals surface area contributed by atoms with Crippen LogP contribution in [0.5, 0.6) is 0 Å². The van der Waals surface area contributed by atoms with Crippen LogP contribution in [-0.2, 0) is 15.8 Å². The van der Waals surface area contributed by atoms with Crippen molar-refractivity contribution in [2.75, 3.05) is 23.3 Å². The Bertz CT molecular complexity index is 818. The normalized spacial score (nSPS) is 11.1. The smallest absolute Gasteiger partial charge is 0.251 e. The number of hydrogen-bond acceptors (Lipinski definition) is 4. The number of anilines is 1. The minimum Gasteiger partial charge on any atom is -0.351 e. The van der Waals surface area contributed by atoms with Crippen LogP contribution in [0.15, 0.2) is 48.5 Å². The molecule has 0 heterocycles. The van der Waals surface area contributed by atoms with Crippen molar-refractivity contribution in [2.24, 2.45) is 0 Å². The zero-order valence-corrected chi connectivity index (χ0v) is 15.9. The second kappa shape index (κ2) is 8.92. The van der Waals surface area contributed by atoms with Gasteiger partial charge in [-0.2, -0.15) is 11.8 Å². The molecule has 2 aromatic carbocycles. The second-order valence-electron chi connectivity index (χ2n) is 5.75. The monoisotopic (exact) mass is 378 g/mol. The lowest BCUT2D eigenvalue weighted by molar-refractivity contribution is 0.0956. The first kappa shape index (κ1) is 19.3. The van der Waals surface area contributed by atoms with E-state index in [-0.39, 0.29) is 5.91 Å². The summed E-state index contributed by atoms with van der Waals surface area (Å²) in [5.74, 6) is 1.58. The predicted molar refractivity (Wildman–Crippen MR) is 105 cm³/mol. The maximum Gasteiger partial charge on any atom is 0.251 e. The fraction of sp³-hybridized carbons (Fsp3) is 0.278.